The Balaban J connectivity index is 1.23. The Kier molecular flexibility index (Phi) is 4.73. The predicted molar refractivity (Wildman–Crippen MR) is 111 cm³/mol. The minimum absolute atomic E-state index is 0.0422. The molecule has 0 aliphatic carbocycles. The Morgan fingerprint density at radius 2 is 1.91 bits per heavy atom. The van der Waals surface area contributed by atoms with Crippen LogP contribution >= 0.6 is 0 Å². The van der Waals surface area contributed by atoms with Crippen molar-refractivity contribution in [3.8, 4) is 11.5 Å². The number of carbonyl (C=O) groups is 2. The number of hydrogen-bond acceptors (Lipinski definition) is 7. The molecule has 2 N–H and O–H groups in total. The summed E-state index contributed by atoms with van der Waals surface area (Å²) < 4.78 is 40.4. The summed E-state index contributed by atoms with van der Waals surface area (Å²) in [6.45, 7) is 2.82. The average Bonchev–Trinajstić information content (AvgIpc) is 3.28. The van der Waals surface area contributed by atoms with Crippen LogP contribution in [0.5, 0.6) is 11.5 Å². The number of alkyl halides is 2. The molecule has 2 aliphatic rings. The summed E-state index contributed by atoms with van der Waals surface area (Å²) in [6, 6.07) is 8.73. The van der Waals surface area contributed by atoms with E-state index < -0.39 is 23.9 Å². The molecule has 172 valence electrons. The molecule has 0 radical (unpaired) electrons. The largest absolute Gasteiger partial charge is 0.586 e. The van der Waals surface area contributed by atoms with Crippen LogP contribution in [0.2, 0.25) is 0 Å². The SMILES string of the molecule is C[C@@H]1CN(c2ccc3c(c2)OC(F)(F)O3)CCN1C(=O)C(=O)Nc1ccc2[nH]c(=O)oc2c1. The Bertz CT molecular complexity index is 1320. The first-order chi connectivity index (χ1) is 15.7. The van der Waals surface area contributed by atoms with Gasteiger partial charge in [0.15, 0.2) is 17.1 Å². The number of piperazine rings is 1. The van der Waals surface area contributed by atoms with Crippen LogP contribution in [0.1, 0.15) is 6.92 Å². The quantitative estimate of drug-likeness (QED) is 0.563. The van der Waals surface area contributed by atoms with E-state index in [2.05, 4.69) is 19.8 Å². The number of nitrogens with zero attached hydrogens (tertiary/aromatic N) is 2. The first-order valence-corrected chi connectivity index (χ1v) is 10.1. The average molecular weight is 460 g/mol. The van der Waals surface area contributed by atoms with Gasteiger partial charge < -0.3 is 29.0 Å². The molecule has 0 bridgehead atoms. The van der Waals surface area contributed by atoms with Crippen LogP contribution in [0, 0.1) is 0 Å². The lowest BCUT2D eigenvalue weighted by molar-refractivity contribution is -0.286. The zero-order valence-electron chi connectivity index (χ0n) is 17.3. The van der Waals surface area contributed by atoms with Crippen LogP contribution in [0.4, 0.5) is 20.2 Å². The summed E-state index contributed by atoms with van der Waals surface area (Å²) >= 11 is 0. The molecular formula is C21H18F2N4O6. The Hall–Kier alpha value is -4.09. The Morgan fingerprint density at radius 3 is 2.70 bits per heavy atom. The van der Waals surface area contributed by atoms with Gasteiger partial charge in [-0.1, -0.05) is 0 Å². The molecule has 0 saturated carbocycles. The molecule has 0 spiro atoms. The number of carbonyl (C=O) groups excluding carboxylic acids is 2. The van der Waals surface area contributed by atoms with E-state index >= 15 is 0 Å². The molecule has 5 rings (SSSR count). The second-order valence-corrected chi connectivity index (χ2v) is 7.77. The van der Waals surface area contributed by atoms with Crippen molar-refractivity contribution in [2.45, 2.75) is 19.3 Å². The van der Waals surface area contributed by atoms with Crippen molar-refractivity contribution in [2.24, 2.45) is 0 Å². The maximum absolute atomic E-state index is 13.3. The smallest absolute Gasteiger partial charge is 0.408 e. The summed E-state index contributed by atoms with van der Waals surface area (Å²) in [5.41, 5.74) is 1.68. The number of H-pyrrole nitrogens is 1. The maximum Gasteiger partial charge on any atom is 0.586 e. The molecule has 1 fully saturated rings. The summed E-state index contributed by atoms with van der Waals surface area (Å²) in [6.07, 6.45) is -3.69. The van der Waals surface area contributed by atoms with Crippen molar-refractivity contribution < 1.29 is 32.3 Å². The maximum atomic E-state index is 13.3. The van der Waals surface area contributed by atoms with Crippen molar-refractivity contribution in [3.05, 3.63) is 46.9 Å². The van der Waals surface area contributed by atoms with E-state index in [-0.39, 0.29) is 29.7 Å². The first-order valence-electron chi connectivity index (χ1n) is 10.1. The number of anilines is 2. The number of fused-ring (bicyclic) bond motifs is 2. The highest BCUT2D eigenvalue weighted by Crippen LogP contribution is 2.43. The summed E-state index contributed by atoms with van der Waals surface area (Å²) in [5, 5.41) is 2.52. The molecule has 3 heterocycles. The number of halogens is 2. The molecule has 2 aromatic carbocycles. The monoisotopic (exact) mass is 460 g/mol. The van der Waals surface area contributed by atoms with Crippen LogP contribution in [0.15, 0.2) is 45.6 Å². The van der Waals surface area contributed by atoms with E-state index in [1.54, 1.807) is 25.1 Å². The van der Waals surface area contributed by atoms with Gasteiger partial charge in [-0.2, -0.15) is 0 Å². The third kappa shape index (κ3) is 3.95. The van der Waals surface area contributed by atoms with Gasteiger partial charge >= 0.3 is 23.9 Å². The number of nitrogens with one attached hydrogen (secondary N) is 2. The van der Waals surface area contributed by atoms with E-state index in [1.807, 2.05) is 4.90 Å². The van der Waals surface area contributed by atoms with Crippen LogP contribution < -0.4 is 25.4 Å². The van der Waals surface area contributed by atoms with Crippen LogP contribution in [0.25, 0.3) is 11.1 Å². The zero-order chi connectivity index (χ0) is 23.3. The van der Waals surface area contributed by atoms with Gasteiger partial charge in [0.05, 0.1) is 5.52 Å². The van der Waals surface area contributed by atoms with Crippen molar-refractivity contribution in [1.29, 1.82) is 0 Å². The van der Waals surface area contributed by atoms with Gasteiger partial charge in [0, 0.05) is 49.2 Å². The lowest BCUT2D eigenvalue weighted by Gasteiger charge is -2.40. The number of rotatable bonds is 2. The first kappa shape index (κ1) is 20.8. The van der Waals surface area contributed by atoms with Crippen molar-refractivity contribution >= 4 is 34.3 Å². The molecule has 0 unspecified atom stereocenters. The van der Waals surface area contributed by atoms with Gasteiger partial charge in [-0.05, 0) is 31.2 Å². The molecule has 10 nitrogen and oxygen atoms in total. The molecule has 1 saturated heterocycles. The Morgan fingerprint density at radius 1 is 1.12 bits per heavy atom. The summed E-state index contributed by atoms with van der Waals surface area (Å²) in [5.74, 6) is -2.24. The Labute approximate surface area is 184 Å². The fraction of sp³-hybridized carbons (Fsp3) is 0.286. The number of benzene rings is 2. The number of hydrogen-bond donors (Lipinski definition) is 2. The molecule has 1 atom stereocenters. The lowest BCUT2D eigenvalue weighted by Crippen LogP contribution is -2.56. The summed E-state index contributed by atoms with van der Waals surface area (Å²) in [7, 11) is 0. The molecular weight excluding hydrogens is 442 g/mol. The second kappa shape index (κ2) is 7.50. The van der Waals surface area contributed by atoms with Crippen LogP contribution in [-0.2, 0) is 9.59 Å². The normalized spacial score (nSPS) is 19.1. The van der Waals surface area contributed by atoms with E-state index in [0.717, 1.165) is 0 Å². The lowest BCUT2D eigenvalue weighted by atomic mass is 10.1. The predicted octanol–water partition coefficient (Wildman–Crippen LogP) is 2.12. The number of oxazole rings is 1. The van der Waals surface area contributed by atoms with Crippen molar-refractivity contribution in [2.75, 3.05) is 29.9 Å². The third-order valence-corrected chi connectivity index (χ3v) is 5.51. The standard InChI is InChI=1S/C21H18F2N4O6/c1-11-10-26(13-3-5-15-17(9-13)33-21(22,23)32-15)6-7-27(11)19(29)18(28)24-12-2-4-14-16(8-12)31-20(30)25-14/h2-5,8-9,11H,6-7,10H2,1H3,(H,24,28)(H,25,30)/t11-/m1/s1. The van der Waals surface area contributed by atoms with Gasteiger partial charge in [0.25, 0.3) is 0 Å². The number of aromatic nitrogens is 1. The molecule has 33 heavy (non-hydrogen) atoms. The number of ether oxygens (including phenoxy) is 2. The molecule has 2 amide bonds. The van der Waals surface area contributed by atoms with Crippen molar-refractivity contribution in [3.63, 3.8) is 0 Å². The summed E-state index contributed by atoms with van der Waals surface area (Å²) in [4.78, 5) is 42.4. The van der Waals surface area contributed by atoms with E-state index in [9.17, 15) is 23.2 Å². The molecule has 1 aromatic heterocycles. The molecule has 12 heteroatoms. The van der Waals surface area contributed by atoms with Gasteiger partial charge in [0.1, 0.15) is 0 Å². The highest BCUT2D eigenvalue weighted by Gasteiger charge is 2.43. The van der Waals surface area contributed by atoms with Gasteiger partial charge in [-0.15, -0.1) is 8.78 Å². The van der Waals surface area contributed by atoms with Crippen LogP contribution in [0.3, 0.4) is 0 Å². The van der Waals surface area contributed by atoms with Crippen LogP contribution in [-0.4, -0.2) is 53.7 Å². The van der Waals surface area contributed by atoms with E-state index in [0.29, 0.717) is 30.0 Å². The second-order valence-electron chi connectivity index (χ2n) is 7.77. The van der Waals surface area contributed by atoms with Gasteiger partial charge in [-0.25, -0.2) is 4.79 Å². The minimum Gasteiger partial charge on any atom is -0.408 e. The zero-order valence-corrected chi connectivity index (χ0v) is 17.3. The highest BCUT2D eigenvalue weighted by molar-refractivity contribution is 6.39. The van der Waals surface area contributed by atoms with Gasteiger partial charge in [-0.3, -0.25) is 14.6 Å². The van der Waals surface area contributed by atoms with E-state index in [4.69, 9.17) is 4.42 Å². The number of amides is 2. The van der Waals surface area contributed by atoms with E-state index in [1.165, 1.54) is 23.1 Å². The third-order valence-electron chi connectivity index (χ3n) is 5.51. The fourth-order valence-electron chi connectivity index (χ4n) is 3.97. The number of aromatic amines is 1. The fourth-order valence-corrected chi connectivity index (χ4v) is 3.97. The molecule has 3 aromatic rings. The topological polar surface area (TPSA) is 117 Å². The van der Waals surface area contributed by atoms with Gasteiger partial charge in [0.2, 0.25) is 0 Å². The highest BCUT2D eigenvalue weighted by atomic mass is 19.3. The minimum atomic E-state index is -3.69. The van der Waals surface area contributed by atoms with Crippen molar-refractivity contribution in [1.82, 2.24) is 9.88 Å². The molecule has 2 aliphatic heterocycles.